The molecule has 2 aliphatic carbocycles. The van der Waals surface area contributed by atoms with Crippen molar-refractivity contribution in [2.24, 2.45) is 11.3 Å². The van der Waals surface area contributed by atoms with Gasteiger partial charge < -0.3 is 44.2 Å². The first-order valence-electron chi connectivity index (χ1n) is 29.1. The Labute approximate surface area is 468 Å². The van der Waals surface area contributed by atoms with Crippen LogP contribution >= 0.6 is 0 Å². The number of carbonyl (C=O) groups is 1. The molecule has 12 rings (SSSR count). The zero-order valence-electron chi connectivity index (χ0n) is 46.5. The van der Waals surface area contributed by atoms with Crippen molar-refractivity contribution in [3.63, 3.8) is 0 Å². The van der Waals surface area contributed by atoms with Gasteiger partial charge in [0.25, 0.3) is 21.6 Å². The van der Waals surface area contributed by atoms with Crippen LogP contribution in [0.25, 0.3) is 11.0 Å². The maximum Gasteiger partial charge on any atom is 0.293 e. The Kier molecular flexibility index (Phi) is 15.0. The van der Waals surface area contributed by atoms with Crippen LogP contribution in [0.1, 0.15) is 120 Å². The number of nitrogens with zero attached hydrogens (tertiary/aromatic N) is 6. The summed E-state index contributed by atoms with van der Waals surface area (Å²) in [5, 5.41) is 26.9. The van der Waals surface area contributed by atoms with Crippen molar-refractivity contribution in [3.05, 3.63) is 100 Å². The molecule has 4 N–H and O–H groups in total. The molecule has 0 unspecified atom stereocenters. The molecular weight excluding hydrogens is 1040 g/mol. The van der Waals surface area contributed by atoms with E-state index in [9.17, 15) is 28.4 Å². The van der Waals surface area contributed by atoms with Crippen molar-refractivity contribution in [1.82, 2.24) is 24.5 Å². The fourth-order valence-electron chi connectivity index (χ4n) is 14.4. The number of ether oxygens (including phenoxy) is 4. The number of aromatic nitrogens is 2. The van der Waals surface area contributed by atoms with Crippen LogP contribution in [0.3, 0.4) is 0 Å². The van der Waals surface area contributed by atoms with Gasteiger partial charge in [-0.05, 0) is 158 Å². The number of benzene rings is 3. The van der Waals surface area contributed by atoms with Crippen LogP contribution in [0.2, 0.25) is 0 Å². The highest BCUT2D eigenvalue weighted by atomic mass is 32.2. The van der Waals surface area contributed by atoms with Crippen molar-refractivity contribution in [1.29, 1.82) is 0 Å². The predicted octanol–water partition coefficient (Wildman–Crippen LogP) is 9.09. The molecule has 5 aliphatic heterocycles. The molecule has 4 atom stereocenters. The van der Waals surface area contributed by atoms with Gasteiger partial charge >= 0.3 is 0 Å². The standard InChI is InChI=1S/C60H77N9O10S/c1-38(2)78-54-8-6-5-7-46(54)53-36-65(42-16-26-76-27-17-42)24-25-67(53)44-33-60(34-44)21-23-66(39(3)32-60)43-9-11-47(50(30-43)68-49-18-28-77-37-55(49)79-58-52(68)29-41-15-22-61-56(41)63-58)57(70)64-80(74,75)45-10-12-48(51(31-45)69(72)73)62-35-40-13-19-59(4,71)20-14-40/h5-12,15,22,29-31,38-40,42,44,49,53,55,62,71H,13-14,16-21,23-28,32-37H2,1-4H3,(H,61,63)(H,64,70)/t39-,40-,44?,49+,53+,55+,59-,60?/m1/s1. The third-order valence-electron chi connectivity index (χ3n) is 18.6. The van der Waals surface area contributed by atoms with E-state index in [-0.39, 0.29) is 46.8 Å². The molecule has 19 nitrogen and oxygen atoms in total. The maximum atomic E-state index is 14.9. The zero-order chi connectivity index (χ0) is 55.5. The van der Waals surface area contributed by atoms with E-state index in [4.69, 9.17) is 23.9 Å². The van der Waals surface area contributed by atoms with Gasteiger partial charge in [0.2, 0.25) is 5.88 Å². The fourth-order valence-corrected chi connectivity index (χ4v) is 15.4. The molecule has 0 radical (unpaired) electrons. The lowest BCUT2D eigenvalue weighted by atomic mass is 9.58. The molecule has 2 saturated carbocycles. The first-order chi connectivity index (χ1) is 38.5. The molecule has 7 aliphatic rings. The fraction of sp³-hybridized carbons (Fsp3) is 0.567. The zero-order valence-corrected chi connectivity index (χ0v) is 47.3. The quantitative estimate of drug-likeness (QED) is 0.0602. The van der Waals surface area contributed by atoms with Crippen LogP contribution in [0.5, 0.6) is 11.6 Å². The maximum absolute atomic E-state index is 14.9. The van der Waals surface area contributed by atoms with Gasteiger partial charge in [0.05, 0.1) is 51.5 Å². The summed E-state index contributed by atoms with van der Waals surface area (Å²) < 4.78 is 55.7. The van der Waals surface area contributed by atoms with E-state index in [1.54, 1.807) is 6.07 Å². The number of H-pyrrole nitrogens is 1. The first-order valence-corrected chi connectivity index (χ1v) is 30.6. The Hall–Kier alpha value is -6.03. The van der Waals surface area contributed by atoms with E-state index in [0.717, 1.165) is 114 Å². The Morgan fingerprint density at radius 2 is 1.71 bits per heavy atom. The lowest BCUT2D eigenvalue weighted by molar-refractivity contribution is -0.384. The number of anilines is 4. The van der Waals surface area contributed by atoms with Gasteiger partial charge in [0.1, 0.15) is 28.9 Å². The third-order valence-corrected chi connectivity index (χ3v) is 20.0. The number of nitrogens with one attached hydrogen (secondary N) is 3. The number of piperidine rings is 1. The number of nitro benzene ring substituents is 1. The summed E-state index contributed by atoms with van der Waals surface area (Å²) in [5.41, 5.74) is 3.28. The number of aromatic amines is 1. The summed E-state index contributed by atoms with van der Waals surface area (Å²) in [4.78, 5) is 44.4. The average Bonchev–Trinajstić information content (AvgIpc) is 3.93. The normalized spacial score (nSPS) is 28.7. The molecule has 6 fully saturated rings. The Morgan fingerprint density at radius 1 is 0.925 bits per heavy atom. The monoisotopic (exact) mass is 1120 g/mol. The highest BCUT2D eigenvalue weighted by Crippen LogP contribution is 2.55. The van der Waals surface area contributed by atoms with Gasteiger partial charge in [-0.25, -0.2) is 13.1 Å². The van der Waals surface area contributed by atoms with Crippen LogP contribution in [-0.2, 0) is 19.5 Å². The molecule has 1 spiro atoms. The third kappa shape index (κ3) is 10.9. The van der Waals surface area contributed by atoms with Crippen molar-refractivity contribution in [3.8, 4) is 11.6 Å². The van der Waals surface area contributed by atoms with E-state index in [0.29, 0.717) is 74.0 Å². The lowest BCUT2D eigenvalue weighted by Crippen LogP contribution is -2.62. The Bertz CT molecular complexity index is 3200. The Balaban J connectivity index is 0.816. The average molecular weight is 1120 g/mol. The molecule has 5 aromatic rings. The number of rotatable bonds is 14. The molecule has 428 valence electrons. The summed E-state index contributed by atoms with van der Waals surface area (Å²) in [5.74, 6) is 0.648. The van der Waals surface area contributed by atoms with Crippen molar-refractivity contribution in [2.45, 2.75) is 151 Å². The number of carbonyl (C=O) groups excluding carboxylic acids is 1. The van der Waals surface area contributed by atoms with Crippen LogP contribution in [0.15, 0.2) is 83.9 Å². The minimum atomic E-state index is -4.64. The Morgan fingerprint density at radius 3 is 2.49 bits per heavy atom. The van der Waals surface area contributed by atoms with Crippen molar-refractivity contribution >= 4 is 55.4 Å². The van der Waals surface area contributed by atoms with Crippen LogP contribution in [0, 0.1) is 21.4 Å². The smallest absolute Gasteiger partial charge is 0.293 e. The number of amides is 1. The topological polar surface area (TPSA) is 217 Å². The van der Waals surface area contributed by atoms with Crippen LogP contribution in [0.4, 0.5) is 28.4 Å². The summed E-state index contributed by atoms with van der Waals surface area (Å²) in [6.45, 7) is 14.9. The molecule has 20 heteroatoms. The van der Waals surface area contributed by atoms with E-state index in [1.807, 2.05) is 37.4 Å². The number of pyridine rings is 1. The molecule has 3 aromatic carbocycles. The summed E-state index contributed by atoms with van der Waals surface area (Å²) in [6.07, 6.45) is 11.2. The second kappa shape index (κ2) is 22.0. The molecule has 2 aromatic heterocycles. The van der Waals surface area contributed by atoms with Crippen molar-refractivity contribution < 1.29 is 42.2 Å². The minimum absolute atomic E-state index is 0.0683. The molecule has 0 bridgehead atoms. The number of fused-ring (bicyclic) bond motifs is 3. The number of para-hydroxylation sites is 1. The van der Waals surface area contributed by atoms with Gasteiger partial charge in [0, 0.05) is 99.6 Å². The first kappa shape index (κ1) is 54.6. The van der Waals surface area contributed by atoms with E-state index < -0.39 is 43.1 Å². The van der Waals surface area contributed by atoms with Crippen LogP contribution < -0.4 is 29.3 Å². The highest BCUT2D eigenvalue weighted by molar-refractivity contribution is 7.90. The summed E-state index contributed by atoms with van der Waals surface area (Å²) in [7, 11) is -4.64. The van der Waals surface area contributed by atoms with E-state index >= 15 is 0 Å². The van der Waals surface area contributed by atoms with Crippen LogP contribution in [-0.4, -0.2) is 145 Å². The van der Waals surface area contributed by atoms with Gasteiger partial charge in [0.15, 0.2) is 0 Å². The number of aliphatic hydroxyl groups is 1. The number of hydrogen-bond acceptors (Lipinski definition) is 16. The number of hydrogen-bond donors (Lipinski definition) is 4. The predicted molar refractivity (Wildman–Crippen MR) is 306 cm³/mol. The molecule has 80 heavy (non-hydrogen) atoms. The second-order valence-electron chi connectivity index (χ2n) is 24.4. The van der Waals surface area contributed by atoms with Gasteiger partial charge in [-0.1, -0.05) is 18.2 Å². The van der Waals surface area contributed by atoms with E-state index in [2.05, 4.69) is 79.7 Å². The minimum Gasteiger partial charge on any atom is -0.491 e. The molecular formula is C60H77N9O10S. The largest absolute Gasteiger partial charge is 0.491 e. The number of nitro groups is 1. The molecule has 1 amide bonds. The summed E-state index contributed by atoms with van der Waals surface area (Å²) >= 11 is 0. The van der Waals surface area contributed by atoms with Crippen molar-refractivity contribution in [2.75, 3.05) is 74.3 Å². The second-order valence-corrected chi connectivity index (χ2v) is 26.1. The number of sulfonamides is 1. The number of piperazine rings is 1. The van der Waals surface area contributed by atoms with Gasteiger partial charge in [-0.15, -0.1) is 0 Å². The van der Waals surface area contributed by atoms with E-state index in [1.165, 1.54) is 17.7 Å². The van der Waals surface area contributed by atoms with Gasteiger partial charge in [-0.3, -0.25) is 24.7 Å². The van der Waals surface area contributed by atoms with Gasteiger partial charge in [-0.2, -0.15) is 4.98 Å². The molecule has 4 saturated heterocycles. The molecule has 7 heterocycles. The summed E-state index contributed by atoms with van der Waals surface area (Å²) in [6, 6.07) is 22.9. The highest BCUT2D eigenvalue weighted by Gasteiger charge is 2.52. The lowest BCUT2D eigenvalue weighted by Gasteiger charge is -2.60. The SMILES string of the molecule is CC(C)Oc1ccccc1[C@@H]1CN(C2CCOCC2)CCN1C1CC2(CCN(c3ccc(C(=O)NS(=O)(=O)c4ccc(NC[C@H]5CC[C@](C)(O)CC5)c([N+](=O)[O-])c4)c(N4c5cc6cc[nH]c6nc5O[C@H]5COCC[C@@H]54)c3)[C@H](C)C2)C1.